The molecule has 2 aromatic rings. The standard InChI is InChI=1S/C14H12BrF2N/c1-9-2-5-14(12(15)6-9)18-8-10-7-11(16)3-4-13(10)17/h2-7,18H,8H2,1H3. The summed E-state index contributed by atoms with van der Waals surface area (Å²) in [5.74, 6) is -0.844. The Bertz CT molecular complexity index is 570. The molecular weight excluding hydrogens is 300 g/mol. The van der Waals surface area contributed by atoms with E-state index < -0.39 is 11.6 Å². The van der Waals surface area contributed by atoms with Gasteiger partial charge in [0.25, 0.3) is 0 Å². The third-order valence-corrected chi connectivity index (χ3v) is 3.26. The molecule has 0 amide bonds. The van der Waals surface area contributed by atoms with Crippen molar-refractivity contribution in [1.29, 1.82) is 0 Å². The van der Waals surface area contributed by atoms with E-state index in [0.717, 1.165) is 27.9 Å². The first kappa shape index (κ1) is 13.0. The van der Waals surface area contributed by atoms with Crippen LogP contribution in [0.5, 0.6) is 0 Å². The fraction of sp³-hybridized carbons (Fsp3) is 0.143. The van der Waals surface area contributed by atoms with Crippen molar-refractivity contribution in [3.8, 4) is 0 Å². The highest BCUT2D eigenvalue weighted by atomic mass is 79.9. The highest BCUT2D eigenvalue weighted by molar-refractivity contribution is 9.10. The molecule has 0 aromatic heterocycles. The Morgan fingerprint density at radius 3 is 2.61 bits per heavy atom. The minimum absolute atomic E-state index is 0.241. The lowest BCUT2D eigenvalue weighted by atomic mass is 10.2. The van der Waals surface area contributed by atoms with Crippen molar-refractivity contribution < 1.29 is 8.78 Å². The van der Waals surface area contributed by atoms with E-state index >= 15 is 0 Å². The van der Waals surface area contributed by atoms with Crippen molar-refractivity contribution in [2.24, 2.45) is 0 Å². The predicted octanol–water partition coefficient (Wildman–Crippen LogP) is 4.65. The number of aryl methyl sites for hydroxylation is 1. The molecule has 0 atom stereocenters. The topological polar surface area (TPSA) is 12.0 Å². The number of hydrogen-bond acceptors (Lipinski definition) is 1. The number of benzene rings is 2. The second kappa shape index (κ2) is 5.48. The fourth-order valence-electron chi connectivity index (χ4n) is 1.63. The van der Waals surface area contributed by atoms with Crippen LogP contribution in [-0.4, -0.2) is 0 Å². The Labute approximate surface area is 113 Å². The largest absolute Gasteiger partial charge is 0.380 e. The molecule has 0 saturated carbocycles. The number of anilines is 1. The van der Waals surface area contributed by atoms with Gasteiger partial charge in [-0.3, -0.25) is 0 Å². The van der Waals surface area contributed by atoms with E-state index in [2.05, 4.69) is 21.2 Å². The van der Waals surface area contributed by atoms with Crippen LogP contribution in [0.15, 0.2) is 40.9 Å². The zero-order valence-electron chi connectivity index (χ0n) is 9.81. The molecule has 2 aromatic carbocycles. The van der Waals surface area contributed by atoms with Crippen LogP contribution in [0.25, 0.3) is 0 Å². The SMILES string of the molecule is Cc1ccc(NCc2cc(F)ccc2F)c(Br)c1. The molecule has 0 aliphatic rings. The second-order valence-electron chi connectivity index (χ2n) is 4.07. The molecule has 0 aliphatic heterocycles. The Balaban J connectivity index is 2.13. The lowest BCUT2D eigenvalue weighted by molar-refractivity contribution is 0.587. The summed E-state index contributed by atoms with van der Waals surface area (Å²) in [4.78, 5) is 0. The molecule has 0 aliphatic carbocycles. The van der Waals surface area contributed by atoms with Gasteiger partial charge in [0.2, 0.25) is 0 Å². The van der Waals surface area contributed by atoms with E-state index in [-0.39, 0.29) is 6.54 Å². The molecular formula is C14H12BrF2N. The van der Waals surface area contributed by atoms with Crippen molar-refractivity contribution in [3.63, 3.8) is 0 Å². The first-order valence-electron chi connectivity index (χ1n) is 5.50. The van der Waals surface area contributed by atoms with Crippen LogP contribution < -0.4 is 5.32 Å². The Morgan fingerprint density at radius 1 is 1.11 bits per heavy atom. The third-order valence-electron chi connectivity index (χ3n) is 2.60. The van der Waals surface area contributed by atoms with Crippen LogP contribution in [0.1, 0.15) is 11.1 Å². The predicted molar refractivity (Wildman–Crippen MR) is 72.6 cm³/mol. The molecule has 0 radical (unpaired) electrons. The summed E-state index contributed by atoms with van der Waals surface area (Å²) in [6, 6.07) is 9.26. The van der Waals surface area contributed by atoms with Gasteiger partial charge >= 0.3 is 0 Å². The molecule has 0 spiro atoms. The summed E-state index contributed by atoms with van der Waals surface area (Å²) in [6.45, 7) is 2.23. The van der Waals surface area contributed by atoms with Gasteiger partial charge in [0.1, 0.15) is 11.6 Å². The lowest BCUT2D eigenvalue weighted by Gasteiger charge is -2.10. The third kappa shape index (κ3) is 3.07. The fourth-order valence-corrected chi connectivity index (χ4v) is 2.27. The van der Waals surface area contributed by atoms with Gasteiger partial charge in [0, 0.05) is 22.3 Å². The van der Waals surface area contributed by atoms with Crippen LogP contribution in [-0.2, 0) is 6.54 Å². The van der Waals surface area contributed by atoms with Crippen LogP contribution >= 0.6 is 15.9 Å². The monoisotopic (exact) mass is 311 g/mol. The van der Waals surface area contributed by atoms with Crippen LogP contribution in [0, 0.1) is 18.6 Å². The minimum Gasteiger partial charge on any atom is -0.380 e. The number of rotatable bonds is 3. The Morgan fingerprint density at radius 2 is 1.89 bits per heavy atom. The van der Waals surface area contributed by atoms with E-state index in [0.29, 0.717) is 5.56 Å². The number of halogens is 3. The van der Waals surface area contributed by atoms with Gasteiger partial charge in [-0.05, 0) is 58.7 Å². The molecule has 94 valence electrons. The van der Waals surface area contributed by atoms with Crippen molar-refractivity contribution in [2.45, 2.75) is 13.5 Å². The van der Waals surface area contributed by atoms with E-state index in [4.69, 9.17) is 0 Å². The maximum absolute atomic E-state index is 13.4. The zero-order chi connectivity index (χ0) is 13.1. The average Bonchev–Trinajstić information content (AvgIpc) is 2.32. The molecule has 0 unspecified atom stereocenters. The summed E-state index contributed by atoms with van der Waals surface area (Å²) < 4.78 is 27.3. The number of hydrogen-bond donors (Lipinski definition) is 1. The normalized spacial score (nSPS) is 10.4. The van der Waals surface area contributed by atoms with Gasteiger partial charge in [-0.2, -0.15) is 0 Å². The molecule has 0 heterocycles. The molecule has 0 bridgehead atoms. The van der Waals surface area contributed by atoms with Crippen LogP contribution in [0.4, 0.5) is 14.5 Å². The Hall–Kier alpha value is -1.42. The minimum atomic E-state index is -0.434. The molecule has 1 nitrogen and oxygen atoms in total. The maximum Gasteiger partial charge on any atom is 0.128 e. The first-order valence-corrected chi connectivity index (χ1v) is 6.29. The van der Waals surface area contributed by atoms with Crippen molar-refractivity contribution in [2.75, 3.05) is 5.32 Å². The maximum atomic E-state index is 13.4. The lowest BCUT2D eigenvalue weighted by Crippen LogP contribution is -2.03. The van der Waals surface area contributed by atoms with Gasteiger partial charge in [0.15, 0.2) is 0 Å². The summed E-state index contributed by atoms with van der Waals surface area (Å²) in [5.41, 5.74) is 2.29. The zero-order valence-corrected chi connectivity index (χ0v) is 11.4. The van der Waals surface area contributed by atoms with Crippen LogP contribution in [0.2, 0.25) is 0 Å². The Kier molecular flexibility index (Phi) is 3.97. The molecule has 4 heteroatoms. The molecule has 1 N–H and O–H groups in total. The highest BCUT2D eigenvalue weighted by Gasteiger charge is 2.05. The smallest absolute Gasteiger partial charge is 0.128 e. The van der Waals surface area contributed by atoms with Gasteiger partial charge in [-0.1, -0.05) is 6.07 Å². The van der Waals surface area contributed by atoms with Gasteiger partial charge in [-0.15, -0.1) is 0 Å². The summed E-state index contributed by atoms with van der Waals surface area (Å²) in [5, 5.41) is 3.07. The van der Waals surface area contributed by atoms with E-state index in [9.17, 15) is 8.78 Å². The van der Waals surface area contributed by atoms with E-state index in [1.165, 1.54) is 6.07 Å². The quantitative estimate of drug-likeness (QED) is 0.870. The van der Waals surface area contributed by atoms with Crippen molar-refractivity contribution in [1.82, 2.24) is 0 Å². The van der Waals surface area contributed by atoms with Gasteiger partial charge in [-0.25, -0.2) is 8.78 Å². The first-order chi connectivity index (χ1) is 8.56. The van der Waals surface area contributed by atoms with Crippen molar-refractivity contribution >= 4 is 21.6 Å². The molecule has 2 rings (SSSR count). The summed E-state index contributed by atoms with van der Waals surface area (Å²) in [7, 11) is 0. The highest BCUT2D eigenvalue weighted by Crippen LogP contribution is 2.24. The summed E-state index contributed by atoms with van der Waals surface area (Å²) in [6.07, 6.45) is 0. The summed E-state index contributed by atoms with van der Waals surface area (Å²) >= 11 is 3.42. The molecule has 0 saturated heterocycles. The molecule has 18 heavy (non-hydrogen) atoms. The average molecular weight is 312 g/mol. The molecule has 0 fully saturated rings. The van der Waals surface area contributed by atoms with Crippen molar-refractivity contribution in [3.05, 3.63) is 63.6 Å². The van der Waals surface area contributed by atoms with E-state index in [1.54, 1.807) is 0 Å². The number of nitrogens with one attached hydrogen (secondary N) is 1. The van der Waals surface area contributed by atoms with Gasteiger partial charge in [0.05, 0.1) is 0 Å². The van der Waals surface area contributed by atoms with Crippen LogP contribution in [0.3, 0.4) is 0 Å². The second-order valence-corrected chi connectivity index (χ2v) is 4.93. The van der Waals surface area contributed by atoms with Gasteiger partial charge < -0.3 is 5.32 Å². The van der Waals surface area contributed by atoms with E-state index in [1.807, 2.05) is 25.1 Å².